The number of ketones is 1. The lowest BCUT2D eigenvalue weighted by Crippen LogP contribution is -2.24. The van der Waals surface area contributed by atoms with E-state index < -0.39 is 0 Å². The molecule has 0 atom stereocenters. The highest BCUT2D eigenvalue weighted by Crippen LogP contribution is 2.27. The van der Waals surface area contributed by atoms with Gasteiger partial charge < -0.3 is 19.4 Å². The summed E-state index contributed by atoms with van der Waals surface area (Å²) in [6.07, 6.45) is 3.39. The average Bonchev–Trinajstić information content (AvgIpc) is 3.27. The van der Waals surface area contributed by atoms with Crippen LogP contribution in [0.5, 0.6) is 11.5 Å². The highest BCUT2D eigenvalue weighted by Gasteiger charge is 2.15. The number of rotatable bonds is 12. The second-order valence-electron chi connectivity index (χ2n) is 8.67. The number of unbranched alkanes of at least 4 members (excludes halogenated alkanes) is 2. The normalized spacial score (nSPS) is 10.9. The van der Waals surface area contributed by atoms with Gasteiger partial charge in [-0.2, -0.15) is 0 Å². The molecule has 0 saturated heterocycles. The van der Waals surface area contributed by atoms with Crippen molar-refractivity contribution in [2.45, 2.75) is 32.2 Å². The van der Waals surface area contributed by atoms with Gasteiger partial charge in [0, 0.05) is 29.1 Å². The van der Waals surface area contributed by atoms with Gasteiger partial charge in [-0.1, -0.05) is 30.2 Å². The maximum atomic E-state index is 12.9. The van der Waals surface area contributed by atoms with E-state index in [1.54, 1.807) is 56.7 Å². The third-order valence-corrected chi connectivity index (χ3v) is 6.46. The Balaban J connectivity index is 1.31. The number of halogens is 1. The molecular weight excluding hydrogens is 490 g/mol. The molecule has 3 aromatic carbocycles. The fourth-order valence-electron chi connectivity index (χ4n) is 4.23. The van der Waals surface area contributed by atoms with Crippen molar-refractivity contribution >= 4 is 34.3 Å². The van der Waals surface area contributed by atoms with E-state index in [0.717, 1.165) is 42.5 Å². The van der Waals surface area contributed by atoms with Crippen molar-refractivity contribution in [1.82, 2.24) is 14.9 Å². The quantitative estimate of drug-likeness (QED) is 0.191. The first kappa shape index (κ1) is 26.2. The highest BCUT2D eigenvalue weighted by atomic mass is 35.5. The van der Waals surface area contributed by atoms with Crippen molar-refractivity contribution in [3.05, 3.63) is 88.7 Å². The molecule has 0 aliphatic carbocycles. The molecule has 0 aliphatic rings. The molecule has 0 aliphatic heterocycles. The van der Waals surface area contributed by atoms with Crippen molar-refractivity contribution in [3.8, 4) is 11.5 Å². The molecule has 1 N–H and O–H groups in total. The maximum absolute atomic E-state index is 12.9. The van der Waals surface area contributed by atoms with E-state index in [0.29, 0.717) is 34.2 Å². The zero-order valence-corrected chi connectivity index (χ0v) is 21.8. The second kappa shape index (κ2) is 12.4. The number of hydrogen-bond acceptors (Lipinski definition) is 5. The van der Waals surface area contributed by atoms with Crippen LogP contribution in [0.3, 0.4) is 0 Å². The number of benzene rings is 3. The minimum Gasteiger partial charge on any atom is -0.493 e. The van der Waals surface area contributed by atoms with Gasteiger partial charge in [-0.25, -0.2) is 4.98 Å². The Bertz CT molecular complexity index is 1380. The summed E-state index contributed by atoms with van der Waals surface area (Å²) in [6.45, 7) is 0.789. The summed E-state index contributed by atoms with van der Waals surface area (Å²) in [6, 6.07) is 19.9. The van der Waals surface area contributed by atoms with Gasteiger partial charge in [-0.15, -0.1) is 0 Å². The fraction of sp³-hybridized carbons (Fsp3) is 0.276. The zero-order valence-electron chi connectivity index (χ0n) is 21.0. The zero-order chi connectivity index (χ0) is 26.2. The molecule has 0 bridgehead atoms. The summed E-state index contributed by atoms with van der Waals surface area (Å²) >= 11 is 5.97. The van der Waals surface area contributed by atoms with Gasteiger partial charge in [-0.05, 0) is 67.4 Å². The van der Waals surface area contributed by atoms with Crippen LogP contribution in [0.4, 0.5) is 0 Å². The summed E-state index contributed by atoms with van der Waals surface area (Å²) in [4.78, 5) is 30.2. The van der Waals surface area contributed by atoms with Crippen molar-refractivity contribution < 1.29 is 19.1 Å². The molecule has 192 valence electrons. The average molecular weight is 520 g/mol. The number of para-hydroxylation sites is 2. The number of fused-ring (bicyclic) bond motifs is 1. The van der Waals surface area contributed by atoms with E-state index in [1.807, 2.05) is 28.8 Å². The van der Waals surface area contributed by atoms with Gasteiger partial charge in [0.15, 0.2) is 17.3 Å². The Labute approximate surface area is 221 Å². The predicted molar refractivity (Wildman–Crippen MR) is 145 cm³/mol. The van der Waals surface area contributed by atoms with E-state index in [1.165, 1.54) is 0 Å². The summed E-state index contributed by atoms with van der Waals surface area (Å²) in [5.41, 5.74) is 2.97. The van der Waals surface area contributed by atoms with E-state index >= 15 is 0 Å². The number of amides is 1. The molecule has 0 unspecified atom stereocenters. The number of ether oxygens (including phenoxy) is 2. The van der Waals surface area contributed by atoms with Crippen LogP contribution in [0.25, 0.3) is 11.0 Å². The molecule has 4 rings (SSSR count). The number of aryl methyl sites for hydroxylation is 1. The van der Waals surface area contributed by atoms with Crippen LogP contribution in [-0.4, -0.2) is 42.0 Å². The lowest BCUT2D eigenvalue weighted by atomic mass is 10.1. The molecule has 7 nitrogen and oxygen atoms in total. The minimum atomic E-state index is -0.150. The van der Waals surface area contributed by atoms with Crippen molar-refractivity contribution in [1.29, 1.82) is 0 Å². The van der Waals surface area contributed by atoms with Crippen LogP contribution in [0.2, 0.25) is 5.02 Å². The van der Waals surface area contributed by atoms with Gasteiger partial charge in [0.2, 0.25) is 0 Å². The number of imidazole rings is 1. The van der Waals surface area contributed by atoms with E-state index in [2.05, 4.69) is 5.32 Å². The van der Waals surface area contributed by atoms with Crippen molar-refractivity contribution in [2.24, 2.45) is 0 Å². The number of nitrogens with zero attached hydrogens (tertiary/aromatic N) is 2. The lowest BCUT2D eigenvalue weighted by molar-refractivity contribution is 0.0950. The van der Waals surface area contributed by atoms with E-state index in [9.17, 15) is 9.59 Å². The SMILES string of the molecule is COc1ccc(C(=O)NCCCCCc2nc3ccccc3n2CC(=O)c2ccc(Cl)cc2)cc1OC. The summed E-state index contributed by atoms with van der Waals surface area (Å²) in [5, 5.41) is 3.56. The summed E-state index contributed by atoms with van der Waals surface area (Å²) in [5.74, 6) is 1.85. The Hall–Kier alpha value is -3.84. The predicted octanol–water partition coefficient (Wildman–Crippen LogP) is 5.73. The number of carbonyl (C=O) groups is 2. The molecule has 0 saturated carbocycles. The molecule has 0 fully saturated rings. The van der Waals surface area contributed by atoms with Crippen LogP contribution in [0, 0.1) is 0 Å². The first-order valence-corrected chi connectivity index (χ1v) is 12.6. The Morgan fingerprint density at radius 1 is 0.892 bits per heavy atom. The minimum absolute atomic E-state index is 0.0129. The third-order valence-electron chi connectivity index (χ3n) is 6.21. The van der Waals surface area contributed by atoms with Crippen LogP contribution in [0.1, 0.15) is 45.8 Å². The molecule has 1 aromatic heterocycles. The number of nitrogens with one attached hydrogen (secondary N) is 1. The number of aromatic nitrogens is 2. The first-order chi connectivity index (χ1) is 18.0. The Morgan fingerprint density at radius 2 is 1.62 bits per heavy atom. The monoisotopic (exact) mass is 519 g/mol. The number of methoxy groups -OCH3 is 2. The van der Waals surface area contributed by atoms with Crippen molar-refractivity contribution in [2.75, 3.05) is 20.8 Å². The lowest BCUT2D eigenvalue weighted by Gasteiger charge is -2.10. The fourth-order valence-corrected chi connectivity index (χ4v) is 4.36. The van der Waals surface area contributed by atoms with Crippen molar-refractivity contribution in [3.63, 3.8) is 0 Å². The topological polar surface area (TPSA) is 82.5 Å². The third kappa shape index (κ3) is 6.49. The van der Waals surface area contributed by atoms with Gasteiger partial charge in [0.1, 0.15) is 5.82 Å². The number of carbonyl (C=O) groups excluding carboxylic acids is 2. The standard InChI is InChI=1S/C29H30ClN3O4/c1-36-26-16-13-21(18-27(26)37-2)29(35)31-17-7-3-4-10-28-32-23-8-5-6-9-24(23)33(28)19-25(34)20-11-14-22(30)15-12-20/h5-6,8-9,11-16,18H,3-4,7,10,17,19H2,1-2H3,(H,31,35). The van der Waals surface area contributed by atoms with Gasteiger partial charge in [0.25, 0.3) is 5.91 Å². The Morgan fingerprint density at radius 3 is 2.38 bits per heavy atom. The molecule has 1 amide bonds. The smallest absolute Gasteiger partial charge is 0.251 e. The summed E-state index contributed by atoms with van der Waals surface area (Å²) < 4.78 is 12.5. The molecule has 0 radical (unpaired) electrons. The molecule has 4 aromatic rings. The largest absolute Gasteiger partial charge is 0.493 e. The molecule has 0 spiro atoms. The Kier molecular flexibility index (Phi) is 8.80. The molecule has 37 heavy (non-hydrogen) atoms. The molecule has 8 heteroatoms. The van der Waals surface area contributed by atoms with Crippen LogP contribution in [-0.2, 0) is 13.0 Å². The van der Waals surface area contributed by atoms with E-state index in [4.69, 9.17) is 26.1 Å². The molecular formula is C29H30ClN3O4. The first-order valence-electron chi connectivity index (χ1n) is 12.2. The maximum Gasteiger partial charge on any atom is 0.251 e. The van der Waals surface area contributed by atoms with Gasteiger partial charge >= 0.3 is 0 Å². The number of Topliss-reactive ketones (excluding diaryl/α,β-unsaturated/α-hetero) is 1. The summed E-state index contributed by atoms with van der Waals surface area (Å²) in [7, 11) is 3.10. The molecule has 1 heterocycles. The van der Waals surface area contributed by atoms with Crippen LogP contribution >= 0.6 is 11.6 Å². The van der Waals surface area contributed by atoms with Crippen LogP contribution in [0.15, 0.2) is 66.7 Å². The van der Waals surface area contributed by atoms with Gasteiger partial charge in [0.05, 0.1) is 31.8 Å². The van der Waals surface area contributed by atoms with Crippen LogP contribution < -0.4 is 14.8 Å². The second-order valence-corrected chi connectivity index (χ2v) is 9.11. The van der Waals surface area contributed by atoms with Gasteiger partial charge in [-0.3, -0.25) is 9.59 Å². The van der Waals surface area contributed by atoms with E-state index in [-0.39, 0.29) is 18.2 Å². The number of hydrogen-bond donors (Lipinski definition) is 1. The highest BCUT2D eigenvalue weighted by molar-refractivity contribution is 6.30.